The predicted molar refractivity (Wildman–Crippen MR) is 117 cm³/mol. The molecule has 1 aromatic heterocycles. The number of esters is 1. The molecule has 0 aliphatic rings. The van der Waals surface area contributed by atoms with Crippen molar-refractivity contribution in [2.75, 3.05) is 5.32 Å². The SMILES string of the molecule is CC(=O)Oc1ccccc1C(=O)Nc1c(C(=O)c2ccc(C)cc2)oc2ccccc12. The number of para-hydroxylation sites is 2. The number of aryl methyl sites for hydroxylation is 1. The van der Waals surface area contributed by atoms with Crippen LogP contribution < -0.4 is 10.1 Å². The number of amides is 1. The lowest BCUT2D eigenvalue weighted by Gasteiger charge is -2.10. The number of hydrogen-bond donors (Lipinski definition) is 1. The fourth-order valence-electron chi connectivity index (χ4n) is 3.24. The Labute approximate surface area is 178 Å². The Balaban J connectivity index is 1.76. The van der Waals surface area contributed by atoms with Crippen molar-refractivity contribution in [1.82, 2.24) is 0 Å². The summed E-state index contributed by atoms with van der Waals surface area (Å²) in [5.74, 6) is -1.25. The molecule has 6 nitrogen and oxygen atoms in total. The van der Waals surface area contributed by atoms with E-state index in [1.165, 1.54) is 19.1 Å². The summed E-state index contributed by atoms with van der Waals surface area (Å²) in [5.41, 5.74) is 2.37. The van der Waals surface area contributed by atoms with E-state index < -0.39 is 11.9 Å². The van der Waals surface area contributed by atoms with Gasteiger partial charge in [0.05, 0.1) is 11.3 Å². The van der Waals surface area contributed by atoms with Gasteiger partial charge in [-0.2, -0.15) is 0 Å². The van der Waals surface area contributed by atoms with E-state index in [9.17, 15) is 14.4 Å². The van der Waals surface area contributed by atoms with Crippen LogP contribution in [-0.2, 0) is 4.79 Å². The Morgan fingerprint density at radius 2 is 1.55 bits per heavy atom. The van der Waals surface area contributed by atoms with Crippen molar-refractivity contribution in [3.05, 3.63) is 95.2 Å². The van der Waals surface area contributed by atoms with E-state index >= 15 is 0 Å². The molecule has 1 N–H and O–H groups in total. The minimum atomic E-state index is -0.538. The molecule has 0 radical (unpaired) electrons. The van der Waals surface area contributed by atoms with Crippen molar-refractivity contribution < 1.29 is 23.5 Å². The molecule has 1 heterocycles. The van der Waals surface area contributed by atoms with Crippen molar-refractivity contribution in [2.24, 2.45) is 0 Å². The minimum absolute atomic E-state index is 0.0309. The third-order valence-corrected chi connectivity index (χ3v) is 4.74. The summed E-state index contributed by atoms with van der Waals surface area (Å²) >= 11 is 0. The van der Waals surface area contributed by atoms with Gasteiger partial charge < -0.3 is 14.5 Å². The third-order valence-electron chi connectivity index (χ3n) is 4.74. The van der Waals surface area contributed by atoms with Gasteiger partial charge in [-0.15, -0.1) is 0 Å². The normalized spacial score (nSPS) is 10.6. The summed E-state index contributed by atoms with van der Waals surface area (Å²) in [6.45, 7) is 3.19. The zero-order chi connectivity index (χ0) is 22.0. The number of rotatable bonds is 5. The number of hydrogen-bond acceptors (Lipinski definition) is 5. The second-order valence-electron chi connectivity index (χ2n) is 7.04. The molecular weight excluding hydrogens is 394 g/mol. The number of carbonyl (C=O) groups excluding carboxylic acids is 3. The standard InChI is InChI=1S/C25H19NO5/c1-15-11-13-17(14-12-15)23(28)24-22(18-7-3-5-9-20(18)31-24)26-25(29)19-8-4-6-10-21(19)30-16(2)27/h3-14H,1-2H3,(H,26,29). The molecule has 0 bridgehead atoms. The predicted octanol–water partition coefficient (Wildman–Crippen LogP) is 5.15. The van der Waals surface area contributed by atoms with Crippen LogP contribution in [0.15, 0.2) is 77.2 Å². The van der Waals surface area contributed by atoms with Crippen LogP contribution >= 0.6 is 0 Å². The van der Waals surface area contributed by atoms with Gasteiger partial charge in [0.25, 0.3) is 5.91 Å². The Morgan fingerprint density at radius 3 is 2.29 bits per heavy atom. The summed E-state index contributed by atoms with van der Waals surface area (Å²) in [4.78, 5) is 37.6. The molecule has 0 spiro atoms. The van der Waals surface area contributed by atoms with Gasteiger partial charge in [-0.05, 0) is 31.2 Å². The van der Waals surface area contributed by atoms with Crippen LogP contribution in [0.1, 0.15) is 39.0 Å². The van der Waals surface area contributed by atoms with E-state index in [0.29, 0.717) is 16.5 Å². The molecule has 3 aromatic carbocycles. The Bertz CT molecular complexity index is 1300. The Kier molecular flexibility index (Phi) is 5.37. The Morgan fingerprint density at radius 1 is 0.871 bits per heavy atom. The molecule has 6 heteroatoms. The molecular formula is C25H19NO5. The summed E-state index contributed by atoms with van der Waals surface area (Å²) in [7, 11) is 0. The third kappa shape index (κ3) is 4.09. The fourth-order valence-corrected chi connectivity index (χ4v) is 3.24. The molecule has 0 saturated heterocycles. The van der Waals surface area contributed by atoms with E-state index in [2.05, 4.69) is 5.32 Å². The molecule has 4 aromatic rings. The van der Waals surface area contributed by atoms with E-state index in [-0.39, 0.29) is 28.5 Å². The first-order chi connectivity index (χ1) is 14.9. The number of anilines is 1. The Hall–Kier alpha value is -4.19. The van der Waals surface area contributed by atoms with Crippen molar-refractivity contribution in [3.8, 4) is 5.75 Å². The first-order valence-electron chi connectivity index (χ1n) is 9.65. The molecule has 1 amide bonds. The van der Waals surface area contributed by atoms with Crippen LogP contribution in [0.2, 0.25) is 0 Å². The molecule has 154 valence electrons. The van der Waals surface area contributed by atoms with Crippen LogP contribution in [0, 0.1) is 6.92 Å². The quantitative estimate of drug-likeness (QED) is 0.278. The van der Waals surface area contributed by atoms with Crippen LogP contribution in [0.25, 0.3) is 11.0 Å². The van der Waals surface area contributed by atoms with Gasteiger partial charge in [0.15, 0.2) is 5.76 Å². The first-order valence-corrected chi connectivity index (χ1v) is 9.65. The maximum Gasteiger partial charge on any atom is 0.308 e. The maximum absolute atomic E-state index is 13.2. The smallest absolute Gasteiger partial charge is 0.308 e. The second-order valence-corrected chi connectivity index (χ2v) is 7.04. The van der Waals surface area contributed by atoms with Gasteiger partial charge >= 0.3 is 5.97 Å². The van der Waals surface area contributed by atoms with Crippen molar-refractivity contribution in [3.63, 3.8) is 0 Å². The molecule has 31 heavy (non-hydrogen) atoms. The van der Waals surface area contributed by atoms with Crippen molar-refractivity contribution in [1.29, 1.82) is 0 Å². The lowest BCUT2D eigenvalue weighted by molar-refractivity contribution is -0.131. The summed E-state index contributed by atoms with van der Waals surface area (Å²) in [6.07, 6.45) is 0. The second kappa shape index (κ2) is 8.28. The zero-order valence-corrected chi connectivity index (χ0v) is 17.0. The van der Waals surface area contributed by atoms with Crippen molar-refractivity contribution in [2.45, 2.75) is 13.8 Å². The van der Waals surface area contributed by atoms with Crippen LogP contribution in [-0.4, -0.2) is 17.7 Å². The maximum atomic E-state index is 13.2. The fraction of sp³-hybridized carbons (Fsp3) is 0.0800. The number of ketones is 1. The molecule has 0 fully saturated rings. The minimum Gasteiger partial charge on any atom is -0.450 e. The van der Waals surface area contributed by atoms with Crippen LogP contribution in [0.5, 0.6) is 5.75 Å². The van der Waals surface area contributed by atoms with Crippen molar-refractivity contribution >= 4 is 34.3 Å². The number of benzene rings is 3. The highest BCUT2D eigenvalue weighted by atomic mass is 16.5. The number of nitrogens with one attached hydrogen (secondary N) is 1. The highest BCUT2D eigenvalue weighted by molar-refractivity contribution is 6.19. The number of fused-ring (bicyclic) bond motifs is 1. The van der Waals surface area contributed by atoms with E-state index in [4.69, 9.17) is 9.15 Å². The zero-order valence-electron chi connectivity index (χ0n) is 17.0. The molecule has 0 aliphatic carbocycles. The van der Waals surface area contributed by atoms with Crippen LogP contribution in [0.4, 0.5) is 5.69 Å². The monoisotopic (exact) mass is 413 g/mol. The number of ether oxygens (including phenoxy) is 1. The van der Waals surface area contributed by atoms with Gasteiger partial charge in [0.2, 0.25) is 5.78 Å². The highest BCUT2D eigenvalue weighted by Gasteiger charge is 2.24. The summed E-state index contributed by atoms with van der Waals surface area (Å²) in [6, 6.07) is 20.6. The van der Waals surface area contributed by atoms with Gasteiger partial charge in [-0.3, -0.25) is 14.4 Å². The molecule has 0 aliphatic heterocycles. The average molecular weight is 413 g/mol. The molecule has 0 saturated carbocycles. The lowest BCUT2D eigenvalue weighted by atomic mass is 10.1. The van der Waals surface area contributed by atoms with Gasteiger partial charge in [0, 0.05) is 17.9 Å². The van der Waals surface area contributed by atoms with Gasteiger partial charge in [-0.25, -0.2) is 0 Å². The van der Waals surface area contributed by atoms with Crippen LogP contribution in [0.3, 0.4) is 0 Å². The van der Waals surface area contributed by atoms with E-state index in [1.807, 2.05) is 19.1 Å². The average Bonchev–Trinajstić information content (AvgIpc) is 3.12. The topological polar surface area (TPSA) is 85.6 Å². The van der Waals surface area contributed by atoms with Gasteiger partial charge in [-0.1, -0.05) is 54.1 Å². The first kappa shape index (κ1) is 20.1. The largest absolute Gasteiger partial charge is 0.450 e. The van der Waals surface area contributed by atoms with E-state index in [0.717, 1.165) is 5.56 Å². The molecule has 4 rings (SSSR count). The highest BCUT2D eigenvalue weighted by Crippen LogP contribution is 2.33. The van der Waals surface area contributed by atoms with E-state index in [1.54, 1.807) is 48.5 Å². The summed E-state index contributed by atoms with van der Waals surface area (Å²) in [5, 5.41) is 3.37. The summed E-state index contributed by atoms with van der Waals surface area (Å²) < 4.78 is 11.0. The number of furan rings is 1. The molecule has 0 unspecified atom stereocenters. The van der Waals surface area contributed by atoms with Gasteiger partial charge in [0.1, 0.15) is 11.3 Å². The molecule has 0 atom stereocenters. The lowest BCUT2D eigenvalue weighted by Crippen LogP contribution is -2.16. The number of carbonyl (C=O) groups is 3.